The van der Waals surface area contributed by atoms with Gasteiger partial charge in [-0.15, -0.1) is 12.4 Å². The smallest absolute Gasteiger partial charge is 0.000672 e. The molecule has 22 heavy (non-hydrogen) atoms. The number of halogens is 1. The van der Waals surface area contributed by atoms with E-state index in [2.05, 4.69) is 10.2 Å². The topological polar surface area (TPSA) is 67.3 Å². The number of nitrogens with zero attached hydrogens (tertiary/aromatic N) is 1. The summed E-state index contributed by atoms with van der Waals surface area (Å²) in [4.78, 5) is 2.62. The molecule has 1 saturated carbocycles. The minimum Gasteiger partial charge on any atom is -0.330 e. The van der Waals surface area contributed by atoms with E-state index in [0.717, 1.165) is 44.9 Å². The van der Waals surface area contributed by atoms with Crippen molar-refractivity contribution in [2.24, 2.45) is 17.4 Å². The van der Waals surface area contributed by atoms with Crippen molar-refractivity contribution in [1.29, 1.82) is 0 Å². The molecule has 0 aromatic heterocycles. The molecule has 1 rings (SSSR count). The lowest BCUT2D eigenvalue weighted by Gasteiger charge is -2.22. The van der Waals surface area contributed by atoms with Crippen molar-refractivity contribution >= 4 is 12.4 Å². The molecule has 0 bridgehead atoms. The van der Waals surface area contributed by atoms with Crippen LogP contribution in [0, 0.1) is 5.92 Å². The van der Waals surface area contributed by atoms with Gasteiger partial charge < -0.3 is 21.7 Å². The SMILES string of the molecule is Cl.NCCCNCCCCN(CCCN)CCCCC1CC1. The summed E-state index contributed by atoms with van der Waals surface area (Å²) in [6.07, 6.45) is 12.0. The largest absolute Gasteiger partial charge is 0.330 e. The summed E-state index contributed by atoms with van der Waals surface area (Å²) in [6.45, 7) is 7.50. The Hall–Kier alpha value is 0.130. The van der Waals surface area contributed by atoms with Crippen LogP contribution in [0.1, 0.15) is 57.8 Å². The van der Waals surface area contributed by atoms with Crippen LogP contribution in [0.25, 0.3) is 0 Å². The van der Waals surface area contributed by atoms with Gasteiger partial charge in [-0.25, -0.2) is 0 Å². The molecule has 0 aliphatic heterocycles. The fraction of sp³-hybridized carbons (Fsp3) is 1.00. The van der Waals surface area contributed by atoms with Gasteiger partial charge in [-0.2, -0.15) is 0 Å². The molecule has 0 aromatic rings. The molecule has 0 spiro atoms. The number of hydrogen-bond donors (Lipinski definition) is 3. The Morgan fingerprint density at radius 2 is 1.36 bits per heavy atom. The molecule has 134 valence electrons. The van der Waals surface area contributed by atoms with Gasteiger partial charge in [0.15, 0.2) is 0 Å². The Kier molecular flexibility index (Phi) is 16.1. The Morgan fingerprint density at radius 3 is 2.00 bits per heavy atom. The van der Waals surface area contributed by atoms with E-state index in [1.54, 1.807) is 0 Å². The maximum atomic E-state index is 5.66. The Balaban J connectivity index is 0.00000441. The molecule has 0 unspecified atom stereocenters. The van der Waals surface area contributed by atoms with Gasteiger partial charge in [0.25, 0.3) is 0 Å². The van der Waals surface area contributed by atoms with Gasteiger partial charge in [-0.3, -0.25) is 0 Å². The molecular formula is C17H39ClN4. The zero-order valence-electron chi connectivity index (χ0n) is 14.4. The second-order valence-electron chi connectivity index (χ2n) is 6.52. The van der Waals surface area contributed by atoms with E-state index in [-0.39, 0.29) is 12.4 Å². The summed E-state index contributed by atoms with van der Waals surface area (Å²) in [6, 6.07) is 0. The van der Waals surface area contributed by atoms with Crippen LogP contribution in [0.5, 0.6) is 0 Å². The van der Waals surface area contributed by atoms with Crippen molar-refractivity contribution in [1.82, 2.24) is 10.2 Å². The minimum atomic E-state index is 0. The maximum absolute atomic E-state index is 5.66. The highest BCUT2D eigenvalue weighted by molar-refractivity contribution is 5.85. The average molecular weight is 335 g/mol. The van der Waals surface area contributed by atoms with Gasteiger partial charge in [0.1, 0.15) is 0 Å². The fourth-order valence-electron chi connectivity index (χ4n) is 2.76. The van der Waals surface area contributed by atoms with Crippen LogP contribution in [0.3, 0.4) is 0 Å². The second-order valence-corrected chi connectivity index (χ2v) is 6.52. The average Bonchev–Trinajstić information content (AvgIpc) is 3.31. The molecule has 0 heterocycles. The summed E-state index contributed by atoms with van der Waals surface area (Å²) in [5.41, 5.74) is 11.1. The number of hydrogen-bond acceptors (Lipinski definition) is 4. The Labute approximate surface area is 144 Å². The third-order valence-corrected chi connectivity index (χ3v) is 4.35. The Bertz CT molecular complexity index is 225. The maximum Gasteiger partial charge on any atom is -0.000672 e. The molecule has 0 aromatic carbocycles. The molecule has 0 radical (unpaired) electrons. The quantitative estimate of drug-likeness (QED) is 0.379. The first-order valence-electron chi connectivity index (χ1n) is 9.20. The minimum absolute atomic E-state index is 0. The first-order valence-corrected chi connectivity index (χ1v) is 9.20. The molecule has 5 heteroatoms. The van der Waals surface area contributed by atoms with E-state index in [1.165, 1.54) is 64.6 Å². The van der Waals surface area contributed by atoms with Crippen molar-refractivity contribution in [3.63, 3.8) is 0 Å². The first kappa shape index (κ1) is 22.1. The zero-order chi connectivity index (χ0) is 15.2. The van der Waals surface area contributed by atoms with Crippen molar-refractivity contribution in [3.05, 3.63) is 0 Å². The Morgan fingerprint density at radius 1 is 0.773 bits per heavy atom. The monoisotopic (exact) mass is 334 g/mol. The summed E-state index contributed by atoms with van der Waals surface area (Å²) in [7, 11) is 0. The lowest BCUT2D eigenvalue weighted by Crippen LogP contribution is -2.29. The molecule has 4 nitrogen and oxygen atoms in total. The van der Waals surface area contributed by atoms with Crippen LogP contribution in [-0.2, 0) is 0 Å². The van der Waals surface area contributed by atoms with E-state index in [9.17, 15) is 0 Å². The number of unbranched alkanes of at least 4 members (excludes halogenated alkanes) is 2. The molecule has 0 atom stereocenters. The van der Waals surface area contributed by atoms with Gasteiger partial charge in [0.2, 0.25) is 0 Å². The number of nitrogens with one attached hydrogen (secondary N) is 1. The molecule has 1 aliphatic carbocycles. The molecule has 0 saturated heterocycles. The van der Waals surface area contributed by atoms with Crippen molar-refractivity contribution in [2.75, 3.05) is 45.8 Å². The van der Waals surface area contributed by atoms with Crippen LogP contribution >= 0.6 is 12.4 Å². The highest BCUT2D eigenvalue weighted by Crippen LogP contribution is 2.33. The van der Waals surface area contributed by atoms with Crippen LogP contribution in [0.4, 0.5) is 0 Å². The second kappa shape index (κ2) is 16.0. The predicted octanol–water partition coefficient (Wildman–Crippen LogP) is 2.36. The predicted molar refractivity (Wildman–Crippen MR) is 99.7 cm³/mol. The van der Waals surface area contributed by atoms with Gasteiger partial charge in [-0.1, -0.05) is 25.7 Å². The van der Waals surface area contributed by atoms with Gasteiger partial charge in [0.05, 0.1) is 0 Å². The van der Waals surface area contributed by atoms with E-state index in [4.69, 9.17) is 11.5 Å². The van der Waals surface area contributed by atoms with Crippen LogP contribution < -0.4 is 16.8 Å². The third-order valence-electron chi connectivity index (χ3n) is 4.35. The lowest BCUT2D eigenvalue weighted by molar-refractivity contribution is 0.259. The number of nitrogens with two attached hydrogens (primary N) is 2. The van der Waals surface area contributed by atoms with Gasteiger partial charge >= 0.3 is 0 Å². The van der Waals surface area contributed by atoms with Crippen LogP contribution in [-0.4, -0.2) is 50.7 Å². The fourth-order valence-corrected chi connectivity index (χ4v) is 2.76. The van der Waals surface area contributed by atoms with Crippen molar-refractivity contribution in [3.8, 4) is 0 Å². The first-order chi connectivity index (χ1) is 10.4. The zero-order valence-corrected chi connectivity index (χ0v) is 15.2. The lowest BCUT2D eigenvalue weighted by atomic mass is 10.1. The third kappa shape index (κ3) is 13.8. The van der Waals surface area contributed by atoms with E-state index in [0.29, 0.717) is 0 Å². The standard InChI is InChI=1S/C17H38N4.ClH/c18-10-5-13-20-12-2-4-15-21(16-6-11-19)14-3-1-7-17-8-9-17;/h17,20H,1-16,18-19H2;1H. The summed E-state index contributed by atoms with van der Waals surface area (Å²) >= 11 is 0. The number of rotatable bonds is 16. The van der Waals surface area contributed by atoms with Crippen molar-refractivity contribution in [2.45, 2.75) is 57.8 Å². The molecule has 1 fully saturated rings. The van der Waals surface area contributed by atoms with E-state index in [1.807, 2.05) is 0 Å². The molecule has 1 aliphatic rings. The van der Waals surface area contributed by atoms with Crippen LogP contribution in [0.15, 0.2) is 0 Å². The van der Waals surface area contributed by atoms with Gasteiger partial charge in [-0.05, 0) is 83.8 Å². The van der Waals surface area contributed by atoms with E-state index < -0.39 is 0 Å². The molecule has 0 amide bonds. The highest BCUT2D eigenvalue weighted by Gasteiger charge is 2.20. The summed E-state index contributed by atoms with van der Waals surface area (Å²) < 4.78 is 0. The normalized spacial score (nSPS) is 14.3. The summed E-state index contributed by atoms with van der Waals surface area (Å²) in [5, 5.41) is 3.46. The van der Waals surface area contributed by atoms with Gasteiger partial charge in [0, 0.05) is 0 Å². The van der Waals surface area contributed by atoms with E-state index >= 15 is 0 Å². The highest BCUT2D eigenvalue weighted by atomic mass is 35.5. The van der Waals surface area contributed by atoms with Crippen molar-refractivity contribution < 1.29 is 0 Å². The molecule has 5 N–H and O–H groups in total. The summed E-state index contributed by atoms with van der Waals surface area (Å²) in [5.74, 6) is 1.09. The molecular weight excluding hydrogens is 296 g/mol. The van der Waals surface area contributed by atoms with Crippen LogP contribution in [0.2, 0.25) is 0 Å².